The molecule has 0 saturated heterocycles. The van der Waals surface area contributed by atoms with Gasteiger partial charge in [-0.3, -0.25) is 0 Å². The molecule has 6 heteroatoms. The lowest BCUT2D eigenvalue weighted by molar-refractivity contribution is 0.146. The van der Waals surface area contributed by atoms with Gasteiger partial charge in [0.2, 0.25) is 0 Å². The summed E-state index contributed by atoms with van der Waals surface area (Å²) < 4.78 is 27.5. The number of methoxy groups -OCH3 is 2. The van der Waals surface area contributed by atoms with Gasteiger partial charge < -0.3 is 23.4 Å². The maximum atomic E-state index is 6.07. The molecule has 0 radical (unpaired) electrons. The number of ether oxygens (including phenoxy) is 4. The maximum Gasteiger partial charge on any atom is 0.199 e. The van der Waals surface area contributed by atoms with E-state index < -0.39 is 0 Å². The van der Waals surface area contributed by atoms with Crippen molar-refractivity contribution < 1.29 is 23.4 Å². The predicted molar refractivity (Wildman–Crippen MR) is 114 cm³/mol. The van der Waals surface area contributed by atoms with Gasteiger partial charge in [-0.15, -0.1) is 0 Å². The number of nitrogens with zero attached hydrogens (tertiary/aromatic N) is 1. The number of hydrogen-bond donors (Lipinski definition) is 0. The van der Waals surface area contributed by atoms with Crippen molar-refractivity contribution in [2.45, 2.75) is 19.8 Å². The summed E-state index contributed by atoms with van der Waals surface area (Å²) in [6.45, 7) is 4.15. The molecule has 0 aliphatic rings. The van der Waals surface area contributed by atoms with Crippen molar-refractivity contribution in [2.75, 3.05) is 40.6 Å². The fraction of sp³-hybridized carbons (Fsp3) is 0.375. The molecule has 3 rings (SSSR count). The van der Waals surface area contributed by atoms with Crippen molar-refractivity contribution >= 4 is 0 Å². The number of aryl methyl sites for hydroxylation is 1. The zero-order valence-corrected chi connectivity index (χ0v) is 17.8. The van der Waals surface area contributed by atoms with E-state index in [2.05, 4.69) is 11.1 Å². The second-order valence-corrected chi connectivity index (χ2v) is 6.95. The summed E-state index contributed by atoms with van der Waals surface area (Å²) in [4.78, 5) is 4.62. The van der Waals surface area contributed by atoms with Crippen molar-refractivity contribution in [1.29, 1.82) is 0 Å². The smallest absolute Gasteiger partial charge is 0.199 e. The Bertz CT molecular complexity index is 921. The number of aromatic nitrogens is 1. The van der Waals surface area contributed by atoms with E-state index in [4.69, 9.17) is 23.4 Å². The summed E-state index contributed by atoms with van der Waals surface area (Å²) in [6.07, 6.45) is 1.28. The molecule has 0 unspecified atom stereocenters. The van der Waals surface area contributed by atoms with E-state index in [0.29, 0.717) is 45.2 Å². The second-order valence-electron chi connectivity index (χ2n) is 6.95. The third-order valence-corrected chi connectivity index (χ3v) is 4.57. The van der Waals surface area contributed by atoms with Crippen molar-refractivity contribution in [3.8, 4) is 11.5 Å². The molecule has 30 heavy (non-hydrogen) atoms. The highest BCUT2D eigenvalue weighted by Gasteiger charge is 2.12. The zero-order valence-electron chi connectivity index (χ0n) is 17.8. The van der Waals surface area contributed by atoms with Crippen LogP contribution in [0, 0.1) is 6.92 Å². The van der Waals surface area contributed by atoms with Crippen LogP contribution in [0.5, 0.6) is 11.5 Å². The molecular weight excluding hydrogens is 382 g/mol. The van der Waals surface area contributed by atoms with Crippen LogP contribution in [0.15, 0.2) is 52.9 Å². The van der Waals surface area contributed by atoms with Gasteiger partial charge in [0.05, 0.1) is 18.9 Å². The minimum Gasteiger partial charge on any atom is -0.491 e. The Balaban J connectivity index is 1.63. The molecule has 6 nitrogen and oxygen atoms in total. The Morgan fingerprint density at radius 2 is 1.33 bits per heavy atom. The summed E-state index contributed by atoms with van der Waals surface area (Å²) in [5.74, 6) is 3.21. The number of benzene rings is 2. The van der Waals surface area contributed by atoms with E-state index in [0.717, 1.165) is 34.1 Å². The topological polar surface area (TPSA) is 63.0 Å². The van der Waals surface area contributed by atoms with Gasteiger partial charge in [0.15, 0.2) is 5.89 Å². The van der Waals surface area contributed by atoms with Gasteiger partial charge in [0.25, 0.3) is 0 Å². The van der Waals surface area contributed by atoms with Crippen LogP contribution in [0.3, 0.4) is 0 Å². The highest BCUT2D eigenvalue weighted by atomic mass is 16.5. The quantitative estimate of drug-likeness (QED) is 0.416. The van der Waals surface area contributed by atoms with E-state index in [1.807, 2.05) is 49.4 Å². The molecule has 1 aromatic heterocycles. The van der Waals surface area contributed by atoms with Gasteiger partial charge in [0, 0.05) is 27.1 Å². The van der Waals surface area contributed by atoms with E-state index in [9.17, 15) is 0 Å². The van der Waals surface area contributed by atoms with Gasteiger partial charge in [0.1, 0.15) is 30.5 Å². The number of hydrogen-bond acceptors (Lipinski definition) is 6. The summed E-state index contributed by atoms with van der Waals surface area (Å²) in [5, 5.41) is 0. The van der Waals surface area contributed by atoms with Crippen molar-refractivity contribution in [3.05, 3.63) is 77.0 Å². The van der Waals surface area contributed by atoms with Crippen LogP contribution in [0.25, 0.3) is 0 Å². The van der Waals surface area contributed by atoms with E-state index in [1.54, 1.807) is 14.2 Å². The Hall–Kier alpha value is -2.83. The summed E-state index contributed by atoms with van der Waals surface area (Å²) in [7, 11) is 3.32. The molecule has 0 spiro atoms. The van der Waals surface area contributed by atoms with Crippen molar-refractivity contribution in [3.63, 3.8) is 0 Å². The standard InChI is InChI=1S/C24H29NO5/c1-18-23(16-19-6-4-8-21(14-19)28-12-10-26-2)30-24(25-18)17-20-7-5-9-22(15-20)29-13-11-27-3/h4-9,14-15H,10-13,16-17H2,1-3H3. The van der Waals surface area contributed by atoms with Crippen LogP contribution in [0.4, 0.5) is 0 Å². The van der Waals surface area contributed by atoms with Gasteiger partial charge >= 0.3 is 0 Å². The lowest BCUT2D eigenvalue weighted by atomic mass is 10.1. The molecule has 0 aliphatic carbocycles. The molecule has 1 heterocycles. The second kappa shape index (κ2) is 11.4. The molecule has 0 atom stereocenters. The van der Waals surface area contributed by atoms with Gasteiger partial charge in [-0.2, -0.15) is 0 Å². The Kier molecular flexibility index (Phi) is 8.30. The monoisotopic (exact) mass is 411 g/mol. The highest BCUT2D eigenvalue weighted by molar-refractivity contribution is 5.33. The van der Waals surface area contributed by atoms with Gasteiger partial charge in [-0.05, 0) is 42.3 Å². The first kappa shape index (κ1) is 21.9. The lowest BCUT2D eigenvalue weighted by Crippen LogP contribution is -2.04. The number of rotatable bonds is 12. The van der Waals surface area contributed by atoms with Crippen LogP contribution in [-0.4, -0.2) is 45.6 Å². The minimum absolute atomic E-state index is 0.524. The Morgan fingerprint density at radius 3 is 1.90 bits per heavy atom. The van der Waals surface area contributed by atoms with Gasteiger partial charge in [-0.25, -0.2) is 4.98 Å². The van der Waals surface area contributed by atoms with Crippen LogP contribution in [0.2, 0.25) is 0 Å². The molecule has 0 fully saturated rings. The van der Waals surface area contributed by atoms with Crippen LogP contribution in [-0.2, 0) is 22.3 Å². The molecule has 0 amide bonds. The molecule has 160 valence electrons. The van der Waals surface area contributed by atoms with E-state index in [-0.39, 0.29) is 0 Å². The van der Waals surface area contributed by atoms with Crippen molar-refractivity contribution in [2.24, 2.45) is 0 Å². The third-order valence-electron chi connectivity index (χ3n) is 4.57. The van der Waals surface area contributed by atoms with Crippen LogP contribution >= 0.6 is 0 Å². The molecule has 3 aromatic rings. The normalized spacial score (nSPS) is 10.9. The molecular formula is C24H29NO5. The first-order valence-electron chi connectivity index (χ1n) is 10.0. The summed E-state index contributed by atoms with van der Waals surface area (Å²) in [6, 6.07) is 16.0. The average molecular weight is 411 g/mol. The lowest BCUT2D eigenvalue weighted by Gasteiger charge is -2.07. The Labute approximate surface area is 177 Å². The van der Waals surface area contributed by atoms with Crippen molar-refractivity contribution in [1.82, 2.24) is 4.98 Å². The SMILES string of the molecule is COCCOc1cccc(Cc2nc(C)c(Cc3cccc(OCCOC)c3)o2)c1. The third kappa shape index (κ3) is 6.61. The fourth-order valence-corrected chi connectivity index (χ4v) is 3.06. The molecule has 2 aromatic carbocycles. The minimum atomic E-state index is 0.524. The van der Waals surface area contributed by atoms with E-state index >= 15 is 0 Å². The maximum absolute atomic E-state index is 6.07. The molecule has 0 N–H and O–H groups in total. The predicted octanol–water partition coefficient (Wildman–Crippen LogP) is 4.22. The first-order chi connectivity index (χ1) is 14.7. The van der Waals surface area contributed by atoms with E-state index in [1.165, 1.54) is 0 Å². The fourth-order valence-electron chi connectivity index (χ4n) is 3.06. The number of oxazole rings is 1. The molecule has 0 saturated carbocycles. The molecule has 0 aliphatic heterocycles. The molecule has 0 bridgehead atoms. The van der Waals surface area contributed by atoms with Gasteiger partial charge in [-0.1, -0.05) is 24.3 Å². The zero-order chi connectivity index (χ0) is 21.2. The average Bonchev–Trinajstić information content (AvgIpc) is 3.07. The largest absolute Gasteiger partial charge is 0.491 e. The Morgan fingerprint density at radius 1 is 0.767 bits per heavy atom. The summed E-state index contributed by atoms with van der Waals surface area (Å²) in [5.41, 5.74) is 3.11. The first-order valence-corrected chi connectivity index (χ1v) is 10.0. The van der Waals surface area contributed by atoms with Crippen LogP contribution in [0.1, 0.15) is 28.5 Å². The summed E-state index contributed by atoms with van der Waals surface area (Å²) >= 11 is 0. The van der Waals surface area contributed by atoms with Crippen LogP contribution < -0.4 is 9.47 Å². The highest BCUT2D eigenvalue weighted by Crippen LogP contribution is 2.22.